The van der Waals surface area contributed by atoms with Crippen LogP contribution in [0.4, 0.5) is 0 Å². The van der Waals surface area contributed by atoms with Gasteiger partial charge in [-0.1, -0.05) is 64.6 Å². The molecule has 0 atom stereocenters. The number of aliphatic imine (C=N–C) groups is 2. The van der Waals surface area contributed by atoms with Crippen LogP contribution in [0.15, 0.2) is 117 Å². The van der Waals surface area contributed by atoms with Crippen molar-refractivity contribution < 1.29 is 80.2 Å². The molecule has 0 saturated carbocycles. The summed E-state index contributed by atoms with van der Waals surface area (Å²) in [6.45, 7) is 4.19. The minimum atomic E-state index is 0. The third kappa shape index (κ3) is 13.1. The molecule has 192 valence electrons. The van der Waals surface area contributed by atoms with Gasteiger partial charge in [0.1, 0.15) is 5.70 Å². The predicted molar refractivity (Wildman–Crippen MR) is 157 cm³/mol. The Hall–Kier alpha value is -0.940. The minimum Gasteiger partial charge on any atom is -1.00 e. The molecule has 0 heterocycles. The Kier molecular flexibility index (Phi) is 20.4. The molecule has 2 aliphatic carbocycles. The van der Waals surface area contributed by atoms with Crippen LogP contribution >= 0.6 is 11.8 Å². The molecule has 0 aliphatic heterocycles. The summed E-state index contributed by atoms with van der Waals surface area (Å²) in [5.41, 5.74) is 13.1. The SMILES string of the molecule is Cc1ccc(C=NC2=CC=C=CC2=[S+]CCCSC2=C(N=Cc3ccc(C)cc3)[CH-]C=C=C2)cc1.[Cl-].[Cl-].[Hg+].[Hg+]. The van der Waals surface area contributed by atoms with Crippen molar-refractivity contribution in [2.75, 3.05) is 11.5 Å². The van der Waals surface area contributed by atoms with Gasteiger partial charge in [-0.3, -0.25) is 15.7 Å². The van der Waals surface area contributed by atoms with Crippen LogP contribution in [0.2, 0.25) is 0 Å². The first kappa shape index (κ1) is 38.1. The zero-order valence-corrected chi connectivity index (χ0v) is 36.4. The second-order valence-corrected chi connectivity index (χ2v) is 10.4. The van der Waals surface area contributed by atoms with Crippen molar-refractivity contribution in [1.82, 2.24) is 0 Å². The van der Waals surface area contributed by atoms with Crippen LogP contribution in [0, 0.1) is 20.3 Å². The molecule has 2 aliphatic rings. The number of allylic oxidation sites excluding steroid dienone is 4. The molecule has 8 heteroatoms. The first-order valence-corrected chi connectivity index (χ1v) is 13.6. The van der Waals surface area contributed by atoms with E-state index in [1.54, 1.807) is 0 Å². The minimum absolute atomic E-state index is 0. The smallest absolute Gasteiger partial charge is 1.00 e. The maximum Gasteiger partial charge on any atom is 1.00 e. The monoisotopic (exact) mass is 966 g/mol. The van der Waals surface area contributed by atoms with Gasteiger partial charge in [-0.05, 0) is 48.6 Å². The van der Waals surface area contributed by atoms with Gasteiger partial charge in [-0.25, -0.2) is 0 Å². The standard InChI is InChI=1S/C31H28N2S2.2ClH.2Hg/c1-24-12-16-26(17-13-24)22-32-28-8-3-5-10-30(28)34-20-7-21-35-31-11-6-4-9-29(31)33-23-27-18-14-25(2)15-19-27;;;;/h3-4,8-19,22-23H,7,20-21H2,1-2H3;2*1H;;/q;;;2*+1/p-2. The number of hydrogen-bond acceptors (Lipinski definition) is 3. The van der Waals surface area contributed by atoms with E-state index in [0.29, 0.717) is 0 Å². The predicted octanol–water partition coefficient (Wildman–Crippen LogP) is 0.972. The summed E-state index contributed by atoms with van der Waals surface area (Å²) < 4.78 is 0. The zero-order valence-electron chi connectivity index (χ0n) is 22.2. The van der Waals surface area contributed by atoms with Crippen molar-refractivity contribution >= 4 is 40.4 Å². The maximum absolute atomic E-state index is 4.72. The molecule has 0 fully saturated rings. The zero-order chi connectivity index (χ0) is 24.3. The summed E-state index contributed by atoms with van der Waals surface area (Å²) in [4.78, 5) is 11.8. The van der Waals surface area contributed by atoms with Gasteiger partial charge in [0.25, 0.3) is 4.86 Å². The molecule has 0 amide bonds. The number of rotatable bonds is 9. The normalized spacial score (nSPS) is 14.4. The summed E-state index contributed by atoms with van der Waals surface area (Å²) in [7, 11) is 0. The molecule has 0 N–H and O–H groups in total. The van der Waals surface area contributed by atoms with Crippen LogP contribution in [0.3, 0.4) is 0 Å². The van der Waals surface area contributed by atoms with Gasteiger partial charge in [-0.15, -0.1) is 24.3 Å². The van der Waals surface area contributed by atoms with E-state index in [-0.39, 0.29) is 80.2 Å². The van der Waals surface area contributed by atoms with Gasteiger partial charge < -0.3 is 24.8 Å². The largest absolute Gasteiger partial charge is 1.00 e. The molecule has 0 spiro atoms. The number of benzene rings is 2. The second kappa shape index (κ2) is 20.9. The van der Waals surface area contributed by atoms with E-state index >= 15 is 0 Å². The van der Waals surface area contributed by atoms with Crippen LogP contribution in [0.1, 0.15) is 28.7 Å². The summed E-state index contributed by atoms with van der Waals surface area (Å²) in [5, 5.41) is 0. The molecular formula is C31H28Cl2Hg2N2S2. The van der Waals surface area contributed by atoms with E-state index in [1.807, 2.05) is 72.3 Å². The van der Waals surface area contributed by atoms with E-state index in [4.69, 9.17) is 9.98 Å². The Morgan fingerprint density at radius 1 is 0.846 bits per heavy atom. The number of hydrogen-bond donors (Lipinski definition) is 0. The fraction of sp³-hybridized carbons (Fsp3) is 0.161. The van der Waals surface area contributed by atoms with Gasteiger partial charge in [0.2, 0.25) is 0 Å². The number of aryl methyl sites for hydroxylation is 2. The van der Waals surface area contributed by atoms with Crippen molar-refractivity contribution in [3.8, 4) is 0 Å². The van der Waals surface area contributed by atoms with Crippen molar-refractivity contribution in [3.63, 3.8) is 0 Å². The van der Waals surface area contributed by atoms with Crippen LogP contribution in [-0.4, -0.2) is 28.8 Å². The molecule has 2 nitrogen and oxygen atoms in total. The molecule has 0 saturated heterocycles. The van der Waals surface area contributed by atoms with E-state index < -0.39 is 0 Å². The molecule has 2 aromatic rings. The Morgan fingerprint density at radius 2 is 1.46 bits per heavy atom. The average molecular weight is 965 g/mol. The third-order valence-corrected chi connectivity index (χ3v) is 7.53. The molecule has 2 radical (unpaired) electrons. The topological polar surface area (TPSA) is 24.7 Å². The fourth-order valence-corrected chi connectivity index (χ4v) is 5.31. The Labute approximate surface area is 294 Å². The van der Waals surface area contributed by atoms with Crippen molar-refractivity contribution in [3.05, 3.63) is 135 Å². The molecule has 2 aromatic carbocycles. The van der Waals surface area contributed by atoms with Gasteiger partial charge >= 0.3 is 55.3 Å². The first-order valence-electron chi connectivity index (χ1n) is 11.6. The number of thioether (sulfide) groups is 1. The second-order valence-electron chi connectivity index (χ2n) is 8.18. The van der Waals surface area contributed by atoms with Crippen LogP contribution in [0.5, 0.6) is 0 Å². The van der Waals surface area contributed by atoms with Gasteiger partial charge in [0, 0.05) is 24.9 Å². The molecule has 39 heavy (non-hydrogen) atoms. The third-order valence-electron chi connectivity index (χ3n) is 5.27. The van der Waals surface area contributed by atoms with Gasteiger partial charge in [0.15, 0.2) is 17.1 Å². The Morgan fingerprint density at radius 3 is 2.10 bits per heavy atom. The van der Waals surface area contributed by atoms with Gasteiger partial charge in [0.05, 0.1) is 0 Å². The summed E-state index contributed by atoms with van der Waals surface area (Å²) in [5.74, 6) is 2.05. The van der Waals surface area contributed by atoms with E-state index in [2.05, 4.69) is 73.8 Å². The van der Waals surface area contributed by atoms with E-state index in [9.17, 15) is 0 Å². The van der Waals surface area contributed by atoms with Gasteiger partial charge in [-0.2, -0.15) is 11.8 Å². The van der Waals surface area contributed by atoms with Crippen molar-refractivity contribution in [2.45, 2.75) is 20.3 Å². The Bertz CT molecular complexity index is 1340. The first-order chi connectivity index (χ1) is 17.2. The molecule has 0 unspecified atom stereocenters. The van der Waals surface area contributed by atoms with E-state index in [1.165, 1.54) is 11.1 Å². The molecular weight excluding hydrogens is 937 g/mol. The Balaban J connectivity index is 0.00000361. The fourth-order valence-electron chi connectivity index (χ4n) is 3.27. The molecule has 0 aromatic heterocycles. The van der Waals surface area contributed by atoms with E-state index in [0.717, 1.165) is 50.2 Å². The van der Waals surface area contributed by atoms with Crippen molar-refractivity contribution in [1.29, 1.82) is 0 Å². The maximum atomic E-state index is 4.72. The average Bonchev–Trinajstić information content (AvgIpc) is 2.89. The van der Waals surface area contributed by atoms with Crippen LogP contribution < -0.4 is 24.8 Å². The number of halogens is 2. The van der Waals surface area contributed by atoms with Crippen LogP contribution in [0.25, 0.3) is 0 Å². The summed E-state index contributed by atoms with van der Waals surface area (Å²) in [6.07, 6.45) is 16.9. The number of nitrogens with zero attached hydrogens (tertiary/aromatic N) is 2. The van der Waals surface area contributed by atoms with Crippen LogP contribution in [-0.2, 0) is 66.7 Å². The van der Waals surface area contributed by atoms with Crippen molar-refractivity contribution in [2.24, 2.45) is 9.98 Å². The quantitative estimate of drug-likeness (QED) is 0.0701. The summed E-state index contributed by atoms with van der Waals surface area (Å²) in [6, 6.07) is 16.8. The molecule has 4 rings (SSSR count). The summed E-state index contributed by atoms with van der Waals surface area (Å²) >= 11 is 3.67. The molecule has 0 bridgehead atoms.